The van der Waals surface area contributed by atoms with Crippen LogP contribution in [0.1, 0.15) is 31.1 Å². The highest BCUT2D eigenvalue weighted by Crippen LogP contribution is 2.41. The van der Waals surface area contributed by atoms with Gasteiger partial charge < -0.3 is 10.2 Å². The molecule has 0 radical (unpaired) electrons. The smallest absolute Gasteiger partial charge is 0.258 e. The van der Waals surface area contributed by atoms with Gasteiger partial charge in [0.1, 0.15) is 17.7 Å². The van der Waals surface area contributed by atoms with E-state index in [-0.39, 0.29) is 22.0 Å². The summed E-state index contributed by atoms with van der Waals surface area (Å²) in [6, 6.07) is 10.7. The lowest BCUT2D eigenvalue weighted by molar-refractivity contribution is -0.120. The minimum atomic E-state index is -0.832. The molecule has 0 bridgehead atoms. The van der Waals surface area contributed by atoms with Crippen LogP contribution in [0.4, 0.5) is 14.5 Å². The number of thioether (sulfide) groups is 1. The number of amides is 2. The summed E-state index contributed by atoms with van der Waals surface area (Å²) in [4.78, 5) is 27.5. The maximum Gasteiger partial charge on any atom is 0.258 e. The molecule has 1 N–H and O–H groups in total. The van der Waals surface area contributed by atoms with Crippen molar-refractivity contribution in [3.8, 4) is 0 Å². The second kappa shape index (κ2) is 7.91. The molecule has 148 valence electrons. The van der Waals surface area contributed by atoms with Gasteiger partial charge in [0, 0.05) is 5.75 Å². The van der Waals surface area contributed by atoms with Gasteiger partial charge in [-0.3, -0.25) is 9.59 Å². The predicted octanol–water partition coefficient (Wildman–Crippen LogP) is 4.53. The quantitative estimate of drug-likeness (QED) is 0.818. The average molecular weight is 404 g/mol. The molecule has 1 saturated heterocycles. The van der Waals surface area contributed by atoms with Crippen molar-refractivity contribution >= 4 is 29.3 Å². The molecule has 3 rings (SSSR count). The Balaban J connectivity index is 1.93. The summed E-state index contributed by atoms with van der Waals surface area (Å²) in [5.41, 5.74) is -0.364. The van der Waals surface area contributed by atoms with Gasteiger partial charge in [-0.05, 0) is 29.7 Å². The Hall–Kier alpha value is -2.41. The number of nitrogens with zero attached hydrogens (tertiary/aromatic N) is 1. The van der Waals surface area contributed by atoms with Gasteiger partial charge in [0.25, 0.3) is 5.91 Å². The summed E-state index contributed by atoms with van der Waals surface area (Å²) < 4.78 is 28.2. The van der Waals surface area contributed by atoms with Crippen LogP contribution in [0.15, 0.2) is 48.5 Å². The van der Waals surface area contributed by atoms with Gasteiger partial charge in [-0.15, -0.1) is 11.8 Å². The maximum absolute atomic E-state index is 14.2. The molecular weight excluding hydrogens is 382 g/mol. The van der Waals surface area contributed by atoms with Crippen molar-refractivity contribution in [1.82, 2.24) is 4.90 Å². The highest BCUT2D eigenvalue weighted by atomic mass is 32.2. The van der Waals surface area contributed by atoms with Crippen LogP contribution in [-0.4, -0.2) is 33.9 Å². The molecule has 1 aliphatic heterocycles. The van der Waals surface area contributed by atoms with Crippen molar-refractivity contribution in [3.63, 3.8) is 0 Å². The summed E-state index contributed by atoms with van der Waals surface area (Å²) >= 11 is 1.47. The third kappa shape index (κ3) is 4.04. The Labute approximate surface area is 167 Å². The molecule has 2 aromatic rings. The van der Waals surface area contributed by atoms with Crippen LogP contribution in [0, 0.1) is 17.0 Å². The minimum absolute atomic E-state index is 0.0509. The van der Waals surface area contributed by atoms with Crippen LogP contribution in [0.3, 0.4) is 0 Å². The number of rotatable bonds is 3. The number of carbonyl (C=O) groups is 2. The third-order valence-corrected chi connectivity index (χ3v) is 6.27. The largest absolute Gasteiger partial charge is 0.322 e. The van der Waals surface area contributed by atoms with Gasteiger partial charge in [0.15, 0.2) is 0 Å². The van der Waals surface area contributed by atoms with E-state index >= 15 is 0 Å². The van der Waals surface area contributed by atoms with Crippen molar-refractivity contribution in [2.75, 3.05) is 11.1 Å². The molecule has 2 unspecified atom stereocenters. The molecule has 1 fully saturated rings. The first-order valence-corrected chi connectivity index (χ1v) is 9.99. The third-order valence-electron chi connectivity index (χ3n) is 4.51. The first-order chi connectivity index (χ1) is 13.2. The Morgan fingerprint density at radius 2 is 1.64 bits per heavy atom. The topological polar surface area (TPSA) is 49.4 Å². The molecule has 0 aliphatic carbocycles. The molecule has 1 heterocycles. The number of hydrogen-bond acceptors (Lipinski definition) is 3. The molecule has 4 nitrogen and oxygen atoms in total. The number of carbonyl (C=O) groups excluding carboxylic acids is 2. The van der Waals surface area contributed by atoms with Crippen LogP contribution in [-0.2, 0) is 4.79 Å². The molecule has 1 aliphatic rings. The van der Waals surface area contributed by atoms with E-state index in [9.17, 15) is 18.4 Å². The Morgan fingerprint density at radius 1 is 1.04 bits per heavy atom. The molecule has 0 saturated carbocycles. The molecule has 0 spiro atoms. The van der Waals surface area contributed by atoms with Crippen LogP contribution >= 0.6 is 11.8 Å². The molecule has 7 heteroatoms. The minimum Gasteiger partial charge on any atom is -0.322 e. The van der Waals surface area contributed by atoms with Gasteiger partial charge in [-0.2, -0.15) is 0 Å². The maximum atomic E-state index is 14.2. The zero-order valence-corrected chi connectivity index (χ0v) is 16.7. The highest BCUT2D eigenvalue weighted by Gasteiger charge is 2.47. The Kier molecular flexibility index (Phi) is 5.74. The molecule has 28 heavy (non-hydrogen) atoms. The van der Waals surface area contributed by atoms with Gasteiger partial charge in [0.2, 0.25) is 5.91 Å². The summed E-state index contributed by atoms with van der Waals surface area (Å²) in [7, 11) is 0. The molecular formula is C21H22F2N2O2S. The van der Waals surface area contributed by atoms with Crippen molar-refractivity contribution in [2.45, 2.75) is 32.2 Å². The number of hydrogen-bond donors (Lipinski definition) is 1. The summed E-state index contributed by atoms with van der Waals surface area (Å²) in [6.45, 7) is 5.89. The fourth-order valence-electron chi connectivity index (χ4n) is 3.18. The van der Waals surface area contributed by atoms with E-state index in [4.69, 9.17) is 0 Å². The van der Waals surface area contributed by atoms with Crippen molar-refractivity contribution in [2.24, 2.45) is 5.41 Å². The van der Waals surface area contributed by atoms with Crippen LogP contribution < -0.4 is 5.32 Å². The van der Waals surface area contributed by atoms with Gasteiger partial charge in [-0.25, -0.2) is 8.78 Å². The predicted molar refractivity (Wildman–Crippen MR) is 107 cm³/mol. The number of halogens is 2. The van der Waals surface area contributed by atoms with Crippen LogP contribution in [0.5, 0.6) is 0 Å². The van der Waals surface area contributed by atoms with E-state index in [0.717, 1.165) is 0 Å². The molecule has 2 amide bonds. The average Bonchev–Trinajstić information content (AvgIpc) is 3.09. The number of para-hydroxylation sites is 1. The number of anilines is 1. The highest BCUT2D eigenvalue weighted by molar-refractivity contribution is 8.00. The Bertz CT molecular complexity index is 898. The monoisotopic (exact) mass is 404 g/mol. The van der Waals surface area contributed by atoms with E-state index in [0.29, 0.717) is 5.75 Å². The Morgan fingerprint density at radius 3 is 2.25 bits per heavy atom. The van der Waals surface area contributed by atoms with Gasteiger partial charge >= 0.3 is 0 Å². The van der Waals surface area contributed by atoms with Crippen LogP contribution in [0.2, 0.25) is 0 Å². The fourth-order valence-corrected chi connectivity index (χ4v) is 4.76. The lowest BCUT2D eigenvalue weighted by Crippen LogP contribution is -2.51. The first-order valence-electron chi connectivity index (χ1n) is 8.94. The number of nitrogens with one attached hydrogen (secondary N) is 1. The van der Waals surface area contributed by atoms with Crippen molar-refractivity contribution < 1.29 is 18.4 Å². The SMILES string of the molecule is CC(C)(C)C1SCC(C(=O)Nc2ccccc2F)N1C(=O)c1ccccc1F. The van der Waals surface area contributed by atoms with Crippen LogP contribution in [0.25, 0.3) is 0 Å². The summed E-state index contributed by atoms with van der Waals surface area (Å²) in [6.07, 6.45) is 0. The lowest BCUT2D eigenvalue weighted by Gasteiger charge is -2.36. The summed E-state index contributed by atoms with van der Waals surface area (Å²) in [5, 5.41) is 2.24. The first kappa shape index (κ1) is 20.3. The standard InChI is InChI=1S/C21H22F2N2O2S/c1-21(2,3)20-25(19(27)13-8-4-5-9-14(13)22)17(12-28-20)18(26)24-16-11-7-6-10-15(16)23/h4-11,17,20H,12H2,1-3H3,(H,24,26). The van der Waals surface area contributed by atoms with E-state index in [1.807, 2.05) is 20.8 Å². The van der Waals surface area contributed by atoms with Crippen molar-refractivity contribution in [3.05, 3.63) is 65.7 Å². The normalized spacial score (nSPS) is 19.5. The lowest BCUT2D eigenvalue weighted by atomic mass is 9.94. The zero-order valence-electron chi connectivity index (χ0n) is 15.9. The zero-order chi connectivity index (χ0) is 20.5. The van der Waals surface area contributed by atoms with E-state index in [1.54, 1.807) is 12.1 Å². The van der Waals surface area contributed by atoms with E-state index < -0.39 is 29.5 Å². The summed E-state index contributed by atoms with van der Waals surface area (Å²) in [5.74, 6) is -1.88. The fraction of sp³-hybridized carbons (Fsp3) is 0.333. The number of benzene rings is 2. The van der Waals surface area contributed by atoms with Gasteiger partial charge in [0.05, 0.1) is 16.6 Å². The second-order valence-corrected chi connectivity index (χ2v) is 8.84. The second-order valence-electron chi connectivity index (χ2n) is 7.73. The van der Waals surface area contributed by atoms with Crippen molar-refractivity contribution in [1.29, 1.82) is 0 Å². The van der Waals surface area contributed by atoms with E-state index in [1.165, 1.54) is 53.1 Å². The molecule has 0 aromatic heterocycles. The molecule has 2 atom stereocenters. The van der Waals surface area contributed by atoms with Gasteiger partial charge in [-0.1, -0.05) is 45.0 Å². The van der Waals surface area contributed by atoms with E-state index in [2.05, 4.69) is 5.32 Å². The molecule has 2 aromatic carbocycles.